The lowest BCUT2D eigenvalue weighted by molar-refractivity contribution is 0.107. The van der Waals surface area contributed by atoms with Gasteiger partial charge in [0.1, 0.15) is 11.5 Å². The zero-order chi connectivity index (χ0) is 11.7. The van der Waals surface area contributed by atoms with Gasteiger partial charge in [0.05, 0.1) is 20.3 Å². The minimum atomic E-state index is -0.284. The summed E-state index contributed by atoms with van der Waals surface area (Å²) in [6.07, 6.45) is 1.21. The first-order valence-corrected chi connectivity index (χ1v) is 5.58. The maximum absolute atomic E-state index is 9.91. The summed E-state index contributed by atoms with van der Waals surface area (Å²) < 4.78 is 10.7. The maximum Gasteiger partial charge on any atom is 0.122 e. The summed E-state index contributed by atoms with van der Waals surface area (Å²) >= 11 is 0. The molecule has 0 bridgehead atoms. The van der Waals surface area contributed by atoms with E-state index in [1.807, 2.05) is 12.1 Å². The number of aliphatic hydroxyl groups is 1. The molecule has 0 saturated heterocycles. The number of hydrogen-bond acceptors (Lipinski definition) is 3. The van der Waals surface area contributed by atoms with Crippen LogP contribution in [0.5, 0.6) is 11.5 Å². The van der Waals surface area contributed by atoms with Gasteiger partial charge in [0.2, 0.25) is 0 Å². The summed E-state index contributed by atoms with van der Waals surface area (Å²) in [5.41, 5.74) is 2.27. The van der Waals surface area contributed by atoms with Crippen LogP contribution in [0.4, 0.5) is 0 Å². The third kappa shape index (κ3) is 1.76. The van der Waals surface area contributed by atoms with E-state index in [9.17, 15) is 5.11 Å². The second-order valence-corrected chi connectivity index (χ2v) is 4.38. The Morgan fingerprint density at radius 3 is 2.06 bits per heavy atom. The molecule has 0 radical (unpaired) electrons. The van der Waals surface area contributed by atoms with Crippen molar-refractivity contribution in [2.75, 3.05) is 14.2 Å². The van der Waals surface area contributed by atoms with Crippen LogP contribution < -0.4 is 9.47 Å². The molecule has 1 aromatic rings. The Bertz CT molecular complexity index is 350. The van der Waals surface area contributed by atoms with Gasteiger partial charge in [0.15, 0.2) is 0 Å². The molecule has 3 nitrogen and oxygen atoms in total. The minimum absolute atomic E-state index is 0.272. The van der Waals surface area contributed by atoms with Crippen LogP contribution >= 0.6 is 0 Å². The standard InChI is InChI=1S/C13H18O3/c1-8-6-9-10(7-11(8)14)13(16-3)5-4-12(9)15-2/h4-5,8,11,14H,6-7H2,1-3H3/t8-,11+/m1/s1. The Morgan fingerprint density at radius 2 is 1.56 bits per heavy atom. The lowest BCUT2D eigenvalue weighted by atomic mass is 9.82. The highest BCUT2D eigenvalue weighted by Gasteiger charge is 2.28. The lowest BCUT2D eigenvalue weighted by Gasteiger charge is -2.29. The van der Waals surface area contributed by atoms with Gasteiger partial charge < -0.3 is 14.6 Å². The molecular weight excluding hydrogens is 204 g/mol. The number of rotatable bonds is 2. The fraction of sp³-hybridized carbons (Fsp3) is 0.538. The molecule has 0 unspecified atom stereocenters. The van der Waals surface area contributed by atoms with Gasteiger partial charge in [0, 0.05) is 17.5 Å². The molecule has 0 fully saturated rings. The van der Waals surface area contributed by atoms with Crippen LogP contribution in [-0.2, 0) is 12.8 Å². The molecule has 88 valence electrons. The van der Waals surface area contributed by atoms with E-state index >= 15 is 0 Å². The van der Waals surface area contributed by atoms with Crippen molar-refractivity contribution in [3.05, 3.63) is 23.3 Å². The molecular formula is C13H18O3. The molecule has 0 aliphatic heterocycles. The Kier molecular flexibility index (Phi) is 3.06. The Hall–Kier alpha value is -1.22. The number of methoxy groups -OCH3 is 2. The first-order valence-electron chi connectivity index (χ1n) is 5.58. The molecule has 2 rings (SSSR count). The fourth-order valence-corrected chi connectivity index (χ4v) is 2.35. The maximum atomic E-state index is 9.91. The molecule has 2 atom stereocenters. The predicted molar refractivity (Wildman–Crippen MR) is 62.1 cm³/mol. The second-order valence-electron chi connectivity index (χ2n) is 4.38. The van der Waals surface area contributed by atoms with Crippen molar-refractivity contribution in [1.29, 1.82) is 0 Å². The molecule has 0 spiro atoms. The van der Waals surface area contributed by atoms with Gasteiger partial charge in [-0.1, -0.05) is 6.92 Å². The topological polar surface area (TPSA) is 38.7 Å². The number of benzene rings is 1. The number of fused-ring (bicyclic) bond motifs is 1. The summed E-state index contributed by atoms with van der Waals surface area (Å²) in [6, 6.07) is 3.84. The zero-order valence-electron chi connectivity index (χ0n) is 9.99. The number of aliphatic hydroxyl groups excluding tert-OH is 1. The molecule has 1 N–H and O–H groups in total. The highest BCUT2D eigenvalue weighted by molar-refractivity contribution is 5.50. The Labute approximate surface area is 96.0 Å². The fourth-order valence-electron chi connectivity index (χ4n) is 2.35. The van der Waals surface area contributed by atoms with Gasteiger partial charge >= 0.3 is 0 Å². The third-order valence-electron chi connectivity index (χ3n) is 3.38. The van der Waals surface area contributed by atoms with Gasteiger partial charge in [-0.05, 0) is 24.5 Å². The van der Waals surface area contributed by atoms with Gasteiger partial charge in [-0.2, -0.15) is 0 Å². The van der Waals surface area contributed by atoms with Crippen LogP contribution in [0, 0.1) is 5.92 Å². The van der Waals surface area contributed by atoms with E-state index in [2.05, 4.69) is 6.92 Å². The molecule has 0 amide bonds. The molecule has 0 heterocycles. The average molecular weight is 222 g/mol. The quantitative estimate of drug-likeness (QED) is 0.829. The van der Waals surface area contributed by atoms with E-state index in [1.165, 1.54) is 5.56 Å². The van der Waals surface area contributed by atoms with Crippen LogP contribution in [0.25, 0.3) is 0 Å². The van der Waals surface area contributed by atoms with Crippen molar-refractivity contribution in [1.82, 2.24) is 0 Å². The predicted octanol–water partition coefficient (Wildman–Crippen LogP) is 1.80. The summed E-state index contributed by atoms with van der Waals surface area (Å²) in [7, 11) is 3.34. The number of ether oxygens (including phenoxy) is 2. The molecule has 16 heavy (non-hydrogen) atoms. The van der Waals surface area contributed by atoms with Crippen molar-refractivity contribution in [2.45, 2.75) is 25.9 Å². The van der Waals surface area contributed by atoms with Crippen molar-refractivity contribution < 1.29 is 14.6 Å². The highest BCUT2D eigenvalue weighted by Crippen LogP contribution is 2.37. The van der Waals surface area contributed by atoms with Crippen LogP contribution in [0.2, 0.25) is 0 Å². The highest BCUT2D eigenvalue weighted by atomic mass is 16.5. The largest absolute Gasteiger partial charge is 0.496 e. The summed E-state index contributed by atoms with van der Waals surface area (Å²) in [6.45, 7) is 2.06. The molecule has 0 aromatic heterocycles. The van der Waals surface area contributed by atoms with Gasteiger partial charge in [-0.3, -0.25) is 0 Å². The van der Waals surface area contributed by atoms with Gasteiger partial charge in [0.25, 0.3) is 0 Å². The zero-order valence-corrected chi connectivity index (χ0v) is 9.99. The average Bonchev–Trinajstić information content (AvgIpc) is 2.29. The minimum Gasteiger partial charge on any atom is -0.496 e. The Balaban J connectivity index is 2.50. The molecule has 1 aliphatic carbocycles. The first kappa shape index (κ1) is 11.3. The van der Waals surface area contributed by atoms with E-state index in [0.29, 0.717) is 6.42 Å². The van der Waals surface area contributed by atoms with Crippen LogP contribution in [0.1, 0.15) is 18.1 Å². The van der Waals surface area contributed by atoms with Gasteiger partial charge in [-0.15, -0.1) is 0 Å². The van der Waals surface area contributed by atoms with Crippen molar-refractivity contribution >= 4 is 0 Å². The molecule has 0 saturated carbocycles. The molecule has 1 aromatic carbocycles. The van der Waals surface area contributed by atoms with Gasteiger partial charge in [-0.25, -0.2) is 0 Å². The summed E-state index contributed by atoms with van der Waals surface area (Å²) in [5, 5.41) is 9.91. The smallest absolute Gasteiger partial charge is 0.122 e. The van der Waals surface area contributed by atoms with Crippen molar-refractivity contribution in [2.24, 2.45) is 5.92 Å². The number of hydrogen-bond donors (Lipinski definition) is 1. The monoisotopic (exact) mass is 222 g/mol. The van der Waals surface area contributed by atoms with Crippen molar-refractivity contribution in [3.8, 4) is 11.5 Å². The summed E-state index contributed by atoms with van der Waals surface area (Å²) in [5.74, 6) is 2.02. The SMILES string of the molecule is COc1ccc(OC)c2c1C[C@@H](C)[C@@H](O)C2. The molecule has 3 heteroatoms. The third-order valence-corrected chi connectivity index (χ3v) is 3.38. The van der Waals surface area contributed by atoms with E-state index in [4.69, 9.17) is 9.47 Å². The van der Waals surface area contributed by atoms with E-state index < -0.39 is 0 Å². The van der Waals surface area contributed by atoms with Crippen LogP contribution in [-0.4, -0.2) is 25.4 Å². The second kappa shape index (κ2) is 4.34. The van der Waals surface area contributed by atoms with E-state index in [-0.39, 0.29) is 12.0 Å². The van der Waals surface area contributed by atoms with E-state index in [1.54, 1.807) is 14.2 Å². The van der Waals surface area contributed by atoms with E-state index in [0.717, 1.165) is 23.5 Å². The van der Waals surface area contributed by atoms with Crippen LogP contribution in [0.3, 0.4) is 0 Å². The summed E-state index contributed by atoms with van der Waals surface area (Å²) in [4.78, 5) is 0. The lowest BCUT2D eigenvalue weighted by Crippen LogP contribution is -2.28. The molecule has 1 aliphatic rings. The van der Waals surface area contributed by atoms with Crippen LogP contribution in [0.15, 0.2) is 12.1 Å². The first-order chi connectivity index (χ1) is 7.67. The van der Waals surface area contributed by atoms with Crippen molar-refractivity contribution in [3.63, 3.8) is 0 Å². The Morgan fingerprint density at radius 1 is 1.06 bits per heavy atom. The normalized spacial score (nSPS) is 23.8.